The number of aliphatic hydroxyl groups is 1. The Bertz CT molecular complexity index is 622. The van der Waals surface area contributed by atoms with E-state index in [2.05, 4.69) is 19.2 Å². The molecule has 0 heterocycles. The third-order valence-corrected chi connectivity index (χ3v) is 4.79. The van der Waals surface area contributed by atoms with Crippen LogP contribution in [0.4, 0.5) is 0 Å². The molecule has 0 aliphatic heterocycles. The fourth-order valence-corrected chi connectivity index (χ4v) is 3.19. The van der Waals surface area contributed by atoms with Crippen molar-refractivity contribution in [2.24, 2.45) is 11.8 Å². The molecule has 2 N–H and O–H groups in total. The Morgan fingerprint density at radius 2 is 2.11 bits per heavy atom. The number of allylic oxidation sites excluding steroid dienone is 5. The van der Waals surface area contributed by atoms with E-state index in [9.17, 15) is 14.7 Å². The molecule has 0 saturated heterocycles. The fourth-order valence-electron chi connectivity index (χ4n) is 3.19. The van der Waals surface area contributed by atoms with Gasteiger partial charge in [0.2, 0.25) is 0 Å². The van der Waals surface area contributed by atoms with E-state index in [1.165, 1.54) is 0 Å². The summed E-state index contributed by atoms with van der Waals surface area (Å²) in [5.41, 5.74) is 1.76. The van der Waals surface area contributed by atoms with Crippen LogP contribution in [0.3, 0.4) is 0 Å². The highest BCUT2D eigenvalue weighted by atomic mass is 16.4. The first kappa shape index (κ1) is 22.9. The number of ketones is 1. The number of aliphatic carboxylic acids is 1. The molecule has 0 fully saturated rings. The van der Waals surface area contributed by atoms with Gasteiger partial charge in [-0.25, -0.2) is 0 Å². The largest absolute Gasteiger partial charge is 0.481 e. The molecular formula is C23H32O4. The van der Waals surface area contributed by atoms with Gasteiger partial charge in [0.1, 0.15) is 0 Å². The number of rotatable bonds is 13. The van der Waals surface area contributed by atoms with Crippen molar-refractivity contribution in [1.29, 1.82) is 0 Å². The van der Waals surface area contributed by atoms with Crippen LogP contribution >= 0.6 is 0 Å². The normalized spacial score (nSPS) is 21.6. The second-order valence-electron chi connectivity index (χ2n) is 7.13. The van der Waals surface area contributed by atoms with Crippen LogP contribution in [0, 0.1) is 11.8 Å². The maximum atomic E-state index is 12.1. The maximum Gasteiger partial charge on any atom is 0.303 e. The van der Waals surface area contributed by atoms with Gasteiger partial charge in [0.05, 0.1) is 5.60 Å². The molecule has 0 amide bonds. The van der Waals surface area contributed by atoms with Gasteiger partial charge in [0, 0.05) is 18.3 Å². The molecule has 0 bridgehead atoms. The first-order valence-corrected chi connectivity index (χ1v) is 9.76. The number of carbonyl (C=O) groups is 2. The molecule has 0 spiro atoms. The van der Waals surface area contributed by atoms with E-state index in [4.69, 9.17) is 5.11 Å². The van der Waals surface area contributed by atoms with Gasteiger partial charge >= 0.3 is 5.97 Å². The number of carboxylic acids is 1. The minimum atomic E-state index is -0.930. The van der Waals surface area contributed by atoms with Crippen LogP contribution in [0.1, 0.15) is 58.3 Å². The lowest BCUT2D eigenvalue weighted by molar-refractivity contribution is -0.137. The Balaban J connectivity index is 2.56. The van der Waals surface area contributed by atoms with Crippen molar-refractivity contribution in [3.05, 3.63) is 54.8 Å². The molecule has 0 aromatic heterocycles. The first-order valence-electron chi connectivity index (χ1n) is 9.76. The van der Waals surface area contributed by atoms with Gasteiger partial charge in [0.25, 0.3) is 0 Å². The Morgan fingerprint density at radius 3 is 2.78 bits per heavy atom. The van der Waals surface area contributed by atoms with Crippen molar-refractivity contribution in [3.8, 4) is 0 Å². The predicted octanol–water partition coefficient (Wildman–Crippen LogP) is 4.77. The summed E-state index contributed by atoms with van der Waals surface area (Å²) < 4.78 is 0. The molecule has 3 atom stereocenters. The maximum absolute atomic E-state index is 12.1. The topological polar surface area (TPSA) is 74.6 Å². The van der Waals surface area contributed by atoms with Gasteiger partial charge < -0.3 is 10.2 Å². The first-order chi connectivity index (χ1) is 12.9. The molecule has 0 aromatic carbocycles. The molecule has 27 heavy (non-hydrogen) atoms. The second kappa shape index (κ2) is 12.3. The molecule has 4 heteroatoms. The van der Waals surface area contributed by atoms with Gasteiger partial charge in [0.15, 0.2) is 5.78 Å². The summed E-state index contributed by atoms with van der Waals surface area (Å²) >= 11 is 0. The van der Waals surface area contributed by atoms with E-state index >= 15 is 0 Å². The lowest BCUT2D eigenvalue weighted by Crippen LogP contribution is -2.24. The van der Waals surface area contributed by atoms with E-state index in [1.807, 2.05) is 30.4 Å². The van der Waals surface area contributed by atoms with Crippen molar-refractivity contribution in [3.63, 3.8) is 0 Å². The zero-order chi connectivity index (χ0) is 20.1. The van der Waals surface area contributed by atoms with E-state index in [-0.39, 0.29) is 24.0 Å². The number of unbranched alkanes of at least 4 members (excludes halogenated alkanes) is 2. The third kappa shape index (κ3) is 8.85. The SMILES string of the molecule is C=C=CC(O)(CC=C[C@H]1C=CC(=O)[C@@H]1C/C=C\CCCC(=O)O)CCCC. The van der Waals surface area contributed by atoms with E-state index < -0.39 is 11.6 Å². The summed E-state index contributed by atoms with van der Waals surface area (Å²) in [4.78, 5) is 22.6. The molecule has 1 unspecified atom stereocenters. The Kier molecular flexibility index (Phi) is 10.4. The minimum Gasteiger partial charge on any atom is -0.481 e. The van der Waals surface area contributed by atoms with Gasteiger partial charge in [-0.2, -0.15) is 0 Å². The number of carbonyl (C=O) groups excluding carboxylic acids is 1. The number of hydrogen-bond acceptors (Lipinski definition) is 3. The Labute approximate surface area is 162 Å². The molecular weight excluding hydrogens is 340 g/mol. The van der Waals surface area contributed by atoms with E-state index in [0.717, 1.165) is 12.8 Å². The lowest BCUT2D eigenvalue weighted by Gasteiger charge is -2.22. The van der Waals surface area contributed by atoms with Crippen LogP contribution in [0.15, 0.2) is 54.8 Å². The quantitative estimate of drug-likeness (QED) is 0.277. The van der Waals surface area contributed by atoms with Crippen LogP contribution in [0.5, 0.6) is 0 Å². The van der Waals surface area contributed by atoms with Crippen LogP contribution in [-0.4, -0.2) is 27.6 Å². The number of carboxylic acid groups (broad SMARTS) is 1. The molecule has 4 nitrogen and oxygen atoms in total. The molecule has 0 radical (unpaired) electrons. The Morgan fingerprint density at radius 1 is 1.33 bits per heavy atom. The predicted molar refractivity (Wildman–Crippen MR) is 108 cm³/mol. The van der Waals surface area contributed by atoms with Crippen molar-refractivity contribution in [1.82, 2.24) is 0 Å². The summed E-state index contributed by atoms with van der Waals surface area (Å²) in [6, 6.07) is 0. The van der Waals surface area contributed by atoms with Crippen molar-refractivity contribution >= 4 is 11.8 Å². The third-order valence-electron chi connectivity index (χ3n) is 4.79. The number of hydrogen-bond donors (Lipinski definition) is 2. The standard InChI is InChI=1S/C23H32O4/c1-3-5-17-23(27,16-4-2)18-10-11-19-14-15-21(24)20(19)12-8-6-7-9-13-22(25)26/h6,8,10-11,14-16,19-20,27H,2-3,5,7,9,12-13,17-18H2,1H3,(H,25,26)/b8-6-,11-10?/t19-,20+,23?/m0/s1. The molecule has 0 aromatic rings. The second-order valence-corrected chi connectivity index (χ2v) is 7.13. The summed E-state index contributed by atoms with van der Waals surface area (Å²) in [5, 5.41) is 19.3. The van der Waals surface area contributed by atoms with Crippen molar-refractivity contribution in [2.45, 2.75) is 63.9 Å². The molecule has 1 aliphatic rings. The van der Waals surface area contributed by atoms with Gasteiger partial charge in [-0.3, -0.25) is 9.59 Å². The van der Waals surface area contributed by atoms with Crippen molar-refractivity contribution in [2.75, 3.05) is 0 Å². The van der Waals surface area contributed by atoms with Crippen molar-refractivity contribution < 1.29 is 19.8 Å². The summed E-state index contributed by atoms with van der Waals surface area (Å²) in [7, 11) is 0. The smallest absolute Gasteiger partial charge is 0.303 e. The minimum absolute atomic E-state index is 0.0318. The van der Waals surface area contributed by atoms with Crippen LogP contribution < -0.4 is 0 Å². The van der Waals surface area contributed by atoms with Crippen LogP contribution in [0.25, 0.3) is 0 Å². The summed E-state index contributed by atoms with van der Waals surface area (Å²) in [6.45, 7) is 5.65. The molecule has 1 rings (SSSR count). The highest BCUT2D eigenvalue weighted by Gasteiger charge is 2.27. The molecule has 148 valence electrons. The van der Waals surface area contributed by atoms with Gasteiger partial charge in [-0.05, 0) is 44.3 Å². The molecule has 1 aliphatic carbocycles. The highest BCUT2D eigenvalue weighted by Crippen LogP contribution is 2.28. The van der Waals surface area contributed by atoms with Crippen LogP contribution in [0.2, 0.25) is 0 Å². The average molecular weight is 373 g/mol. The highest BCUT2D eigenvalue weighted by molar-refractivity contribution is 5.95. The van der Waals surface area contributed by atoms with Gasteiger partial charge in [-0.15, -0.1) is 5.73 Å². The monoisotopic (exact) mass is 372 g/mol. The van der Waals surface area contributed by atoms with E-state index in [1.54, 1.807) is 12.2 Å². The van der Waals surface area contributed by atoms with E-state index in [0.29, 0.717) is 32.1 Å². The molecule has 0 saturated carbocycles. The van der Waals surface area contributed by atoms with Gasteiger partial charge in [-0.1, -0.05) is 56.7 Å². The summed E-state index contributed by atoms with van der Waals surface area (Å²) in [5.74, 6) is -0.749. The fraction of sp³-hybridized carbons (Fsp3) is 0.522. The van der Waals surface area contributed by atoms with Crippen LogP contribution in [-0.2, 0) is 9.59 Å². The lowest BCUT2D eigenvalue weighted by atomic mass is 9.88. The summed E-state index contributed by atoms with van der Waals surface area (Å²) in [6.07, 6.45) is 18.2. The zero-order valence-electron chi connectivity index (χ0n) is 16.3. The Hall–Kier alpha value is -2.16. The zero-order valence-corrected chi connectivity index (χ0v) is 16.3. The average Bonchev–Trinajstić information content (AvgIpc) is 2.96.